The number of aryl methyl sites for hydroxylation is 1. The Morgan fingerprint density at radius 1 is 0.857 bits per heavy atom. The van der Waals surface area contributed by atoms with Crippen molar-refractivity contribution in [3.05, 3.63) is 76.0 Å². The lowest BCUT2D eigenvalue weighted by molar-refractivity contribution is -0.144. The van der Waals surface area contributed by atoms with Crippen LogP contribution in [0, 0.1) is 18.3 Å². The van der Waals surface area contributed by atoms with Gasteiger partial charge in [-0.15, -0.1) is 11.3 Å². The molecular weight excluding hydrogens is 1070 g/mol. The van der Waals surface area contributed by atoms with Crippen LogP contribution in [0.1, 0.15) is 96.2 Å². The first-order valence-electron chi connectivity index (χ1n) is 27.0. The number of nitrogens with one attached hydrogen (secondary N) is 4. The summed E-state index contributed by atoms with van der Waals surface area (Å²) in [4.78, 5) is 70.5. The number of nitrogens with zero attached hydrogens (tertiary/aromatic N) is 5. The second kappa shape index (κ2) is 31.9. The Hall–Kier alpha value is -5.29. The molecule has 6 rings (SSSR count). The molecule has 77 heavy (non-hydrogen) atoms. The van der Waals surface area contributed by atoms with Gasteiger partial charge < -0.3 is 59.9 Å². The summed E-state index contributed by atoms with van der Waals surface area (Å²) in [5.74, 6) is 1.29. The number of aliphatic hydroxyl groups excluding tert-OH is 1. The number of hydrogen-bond donors (Lipinski definition) is 5. The van der Waals surface area contributed by atoms with E-state index in [0.29, 0.717) is 84.1 Å². The van der Waals surface area contributed by atoms with Crippen LogP contribution in [0.3, 0.4) is 0 Å². The van der Waals surface area contributed by atoms with Crippen LogP contribution in [0.15, 0.2) is 64.7 Å². The SMILES string of the molecule is Cc1ncsc1-c1ccc(CNC(=O)[C@@H]2C[C@@H](O)CN2C(=O)[C@@H](NC(=O)CCOCCCOCCCOCCCOCCCOc2ccc(Nc3ncc(Br)c(NCCCN(C)C(=O)C4CCC4)n3)cc2)C(C)(C)C)cc1. The summed E-state index contributed by atoms with van der Waals surface area (Å²) < 4.78 is 29.5. The Balaban J connectivity index is 0.725. The Morgan fingerprint density at radius 2 is 1.49 bits per heavy atom. The van der Waals surface area contributed by atoms with Crippen molar-refractivity contribution in [1.29, 1.82) is 0 Å². The highest BCUT2D eigenvalue weighted by molar-refractivity contribution is 9.10. The fourth-order valence-electron chi connectivity index (χ4n) is 8.64. The molecule has 19 nitrogen and oxygen atoms in total. The maximum atomic E-state index is 14.0. The van der Waals surface area contributed by atoms with Gasteiger partial charge in [0.15, 0.2) is 0 Å². The minimum atomic E-state index is -0.909. The molecule has 2 fully saturated rings. The largest absolute Gasteiger partial charge is 0.494 e. The third-order valence-electron chi connectivity index (χ3n) is 13.3. The zero-order chi connectivity index (χ0) is 55.0. The van der Waals surface area contributed by atoms with Crippen molar-refractivity contribution in [2.45, 2.75) is 117 Å². The van der Waals surface area contributed by atoms with Gasteiger partial charge in [-0.1, -0.05) is 51.5 Å². The van der Waals surface area contributed by atoms with Gasteiger partial charge in [0, 0.05) is 117 Å². The Bertz CT molecular complexity index is 2440. The molecule has 0 bridgehead atoms. The fourth-order valence-corrected chi connectivity index (χ4v) is 9.78. The number of rotatable bonds is 34. The molecule has 3 atom stereocenters. The van der Waals surface area contributed by atoms with Gasteiger partial charge in [-0.05, 0) is 102 Å². The van der Waals surface area contributed by atoms with Crippen molar-refractivity contribution in [2.75, 3.05) is 96.8 Å². The summed E-state index contributed by atoms with van der Waals surface area (Å²) in [5.41, 5.74) is 4.92. The molecule has 1 saturated heterocycles. The molecule has 2 aromatic heterocycles. The molecule has 2 aromatic carbocycles. The maximum absolute atomic E-state index is 14.0. The summed E-state index contributed by atoms with van der Waals surface area (Å²) in [5, 5.41) is 23.0. The van der Waals surface area contributed by atoms with Crippen LogP contribution >= 0.6 is 27.3 Å². The molecule has 1 saturated carbocycles. The van der Waals surface area contributed by atoms with Gasteiger partial charge in [-0.3, -0.25) is 19.2 Å². The average Bonchev–Trinajstić information content (AvgIpc) is 4.02. The molecule has 3 heterocycles. The van der Waals surface area contributed by atoms with Crippen molar-refractivity contribution in [3.8, 4) is 16.2 Å². The molecule has 4 amide bonds. The van der Waals surface area contributed by atoms with Gasteiger partial charge in [0.25, 0.3) is 0 Å². The standard InChI is InChI=1S/C56H80BrN9O10S/c1-39-49(77-38-61-39)41-16-14-40(15-17-41)35-59-52(69)47-34-44(67)37-66(47)54(71)50(56(2,3)4)63-48(68)22-33-75-30-10-29-73-26-8-25-72-27-9-28-74-31-11-32-76-45-20-18-43(19-21-45)62-55-60-36-46(57)51(64-55)58-23-7-24-65(5)53(70)42-12-6-13-42/h14-21,36,38,42,44,47,50,67H,6-13,22-35,37H2,1-5H3,(H,59,69)(H,63,68)(H2,58,60,62,64)/t44-,47+,50-/m1/s1. The van der Waals surface area contributed by atoms with Crippen molar-refractivity contribution < 1.29 is 48.0 Å². The molecule has 0 radical (unpaired) electrons. The number of carbonyl (C=O) groups excluding carboxylic acids is 4. The number of amides is 4. The Morgan fingerprint density at radius 3 is 2.09 bits per heavy atom. The first kappa shape index (κ1) is 60.9. The van der Waals surface area contributed by atoms with E-state index in [1.807, 2.05) is 93.7 Å². The van der Waals surface area contributed by atoms with Crippen molar-refractivity contribution in [3.63, 3.8) is 0 Å². The number of aromatic nitrogens is 3. The van der Waals surface area contributed by atoms with Crippen LogP contribution in [-0.4, -0.2) is 158 Å². The van der Waals surface area contributed by atoms with E-state index in [-0.39, 0.29) is 56.2 Å². The summed E-state index contributed by atoms with van der Waals surface area (Å²) in [6.07, 6.45) is 8.04. The highest BCUT2D eigenvalue weighted by atomic mass is 79.9. The zero-order valence-corrected chi connectivity index (χ0v) is 47.9. The van der Waals surface area contributed by atoms with Gasteiger partial charge in [-0.25, -0.2) is 9.97 Å². The number of thiazole rings is 1. The van der Waals surface area contributed by atoms with Crippen LogP contribution in [0.4, 0.5) is 17.5 Å². The van der Waals surface area contributed by atoms with Gasteiger partial charge in [0.1, 0.15) is 23.7 Å². The zero-order valence-electron chi connectivity index (χ0n) is 45.5. The summed E-state index contributed by atoms with van der Waals surface area (Å²) in [6, 6.07) is 13.8. The predicted octanol–water partition coefficient (Wildman–Crippen LogP) is 7.68. The van der Waals surface area contributed by atoms with Gasteiger partial charge in [-0.2, -0.15) is 4.98 Å². The maximum Gasteiger partial charge on any atom is 0.246 e. The Kier molecular flexibility index (Phi) is 25.3. The van der Waals surface area contributed by atoms with E-state index >= 15 is 0 Å². The van der Waals surface area contributed by atoms with Crippen LogP contribution in [0.2, 0.25) is 0 Å². The van der Waals surface area contributed by atoms with Crippen LogP contribution in [0.25, 0.3) is 10.4 Å². The third-order valence-corrected chi connectivity index (χ3v) is 14.8. The number of carbonyl (C=O) groups is 4. The molecule has 2 aliphatic rings. The first-order chi connectivity index (χ1) is 37.2. The van der Waals surface area contributed by atoms with Gasteiger partial charge >= 0.3 is 0 Å². The van der Waals surface area contributed by atoms with Crippen molar-refractivity contribution in [2.24, 2.45) is 11.3 Å². The second-order valence-corrected chi connectivity index (χ2v) is 22.3. The summed E-state index contributed by atoms with van der Waals surface area (Å²) in [6.45, 7) is 13.9. The smallest absolute Gasteiger partial charge is 0.246 e. The monoisotopic (exact) mass is 1150 g/mol. The number of benzene rings is 2. The van der Waals surface area contributed by atoms with E-state index in [4.69, 9.17) is 23.7 Å². The minimum absolute atomic E-state index is 0.00645. The average molecular weight is 1150 g/mol. The lowest BCUT2D eigenvalue weighted by Crippen LogP contribution is -2.57. The highest BCUT2D eigenvalue weighted by Gasteiger charge is 2.44. The second-order valence-electron chi connectivity index (χ2n) is 20.6. The predicted molar refractivity (Wildman–Crippen MR) is 301 cm³/mol. The van der Waals surface area contributed by atoms with E-state index in [1.165, 1.54) is 4.90 Å². The third kappa shape index (κ3) is 20.5. The lowest BCUT2D eigenvalue weighted by Gasteiger charge is -2.35. The molecule has 21 heteroatoms. The van der Waals surface area contributed by atoms with E-state index in [1.54, 1.807) is 17.5 Å². The molecule has 422 valence electrons. The normalized spacial score (nSPS) is 15.9. The molecule has 1 aliphatic carbocycles. The molecule has 0 spiro atoms. The fraction of sp³-hybridized carbons (Fsp3) is 0.589. The molecule has 0 unspecified atom stereocenters. The molecule has 1 aliphatic heterocycles. The number of anilines is 3. The first-order valence-corrected chi connectivity index (χ1v) is 28.7. The number of halogens is 1. The lowest BCUT2D eigenvalue weighted by atomic mass is 9.84. The summed E-state index contributed by atoms with van der Waals surface area (Å²) >= 11 is 5.10. The summed E-state index contributed by atoms with van der Waals surface area (Å²) in [7, 11) is 1.88. The Labute approximate surface area is 466 Å². The topological polar surface area (TPSA) is 228 Å². The van der Waals surface area contributed by atoms with Gasteiger partial charge in [0.05, 0.1) is 39.9 Å². The van der Waals surface area contributed by atoms with Crippen LogP contribution < -0.4 is 26.0 Å². The quantitative estimate of drug-likeness (QED) is 0.0283. The number of β-amino-alcohol motifs (C(OH)–C–C–N with tert-alkyl or cyclic N) is 1. The molecule has 4 aromatic rings. The van der Waals surface area contributed by atoms with E-state index in [9.17, 15) is 24.3 Å². The molecular formula is C56H80BrN9O10S. The van der Waals surface area contributed by atoms with Gasteiger partial charge in [0.2, 0.25) is 29.6 Å². The minimum Gasteiger partial charge on any atom is -0.494 e. The van der Waals surface area contributed by atoms with Crippen molar-refractivity contribution >= 4 is 68.3 Å². The highest BCUT2D eigenvalue weighted by Crippen LogP contribution is 2.30. The van der Waals surface area contributed by atoms with Crippen LogP contribution in [-0.2, 0) is 44.7 Å². The van der Waals surface area contributed by atoms with Crippen LogP contribution in [0.5, 0.6) is 5.75 Å². The van der Waals surface area contributed by atoms with E-state index in [2.05, 4.69) is 52.1 Å². The number of ether oxygens (including phenoxy) is 5. The number of hydrogen-bond acceptors (Lipinski definition) is 16. The number of likely N-dealkylation sites (tertiary alicyclic amines) is 1. The molecule has 5 N–H and O–H groups in total. The van der Waals surface area contributed by atoms with E-state index < -0.39 is 29.5 Å². The van der Waals surface area contributed by atoms with Crippen molar-refractivity contribution in [1.82, 2.24) is 35.4 Å². The van der Waals surface area contributed by atoms with E-state index in [0.717, 1.165) is 82.6 Å². The number of aliphatic hydroxyl groups is 1.